The maximum Gasteiger partial charge on any atom is 0.307 e. The first-order chi connectivity index (χ1) is 10.1. The van der Waals surface area contributed by atoms with Crippen LogP contribution in [0.3, 0.4) is 0 Å². The highest BCUT2D eigenvalue weighted by Gasteiger charge is 2.05. The van der Waals surface area contributed by atoms with E-state index in [4.69, 9.17) is 5.11 Å². The summed E-state index contributed by atoms with van der Waals surface area (Å²) in [6.07, 6.45) is 0.0319. The summed E-state index contributed by atoms with van der Waals surface area (Å²) < 4.78 is 0. The van der Waals surface area contributed by atoms with Gasteiger partial charge in [0.15, 0.2) is 0 Å². The van der Waals surface area contributed by atoms with Gasteiger partial charge in [0.05, 0.1) is 17.7 Å². The molecule has 106 valence electrons. The standard InChI is InChI=1S/C17H16N2O2/c1-12-3-2-4-16(15(12)10-18)19-11-14-7-5-13(6-8-14)9-17(20)21/h2-8,19H,9,11H2,1H3,(H,20,21). The molecule has 0 bridgehead atoms. The monoisotopic (exact) mass is 280 g/mol. The Balaban J connectivity index is 2.05. The molecule has 21 heavy (non-hydrogen) atoms. The molecule has 0 fully saturated rings. The molecule has 0 saturated carbocycles. The Kier molecular flexibility index (Phi) is 4.57. The second-order valence-corrected chi connectivity index (χ2v) is 4.85. The van der Waals surface area contributed by atoms with Crippen LogP contribution in [0.4, 0.5) is 5.69 Å². The molecule has 2 aromatic rings. The summed E-state index contributed by atoms with van der Waals surface area (Å²) in [6.45, 7) is 2.50. The van der Waals surface area contributed by atoms with Gasteiger partial charge in [-0.05, 0) is 29.7 Å². The molecular formula is C17H16N2O2. The fraction of sp³-hybridized carbons (Fsp3) is 0.176. The summed E-state index contributed by atoms with van der Waals surface area (Å²) in [5.41, 5.74) is 4.22. The lowest BCUT2D eigenvalue weighted by atomic mass is 10.1. The van der Waals surface area contributed by atoms with Gasteiger partial charge >= 0.3 is 5.97 Å². The number of anilines is 1. The summed E-state index contributed by atoms with van der Waals surface area (Å²) in [7, 11) is 0. The third kappa shape index (κ3) is 3.83. The van der Waals surface area contributed by atoms with Crippen LogP contribution in [0.2, 0.25) is 0 Å². The van der Waals surface area contributed by atoms with E-state index in [1.54, 1.807) is 0 Å². The van der Waals surface area contributed by atoms with Crippen LogP contribution in [-0.2, 0) is 17.8 Å². The Morgan fingerprint density at radius 1 is 1.19 bits per heavy atom. The summed E-state index contributed by atoms with van der Waals surface area (Å²) in [4.78, 5) is 10.6. The quantitative estimate of drug-likeness (QED) is 0.882. The Bertz CT molecular complexity index is 685. The van der Waals surface area contributed by atoms with E-state index in [1.165, 1.54) is 0 Å². The van der Waals surface area contributed by atoms with E-state index in [1.807, 2.05) is 49.4 Å². The van der Waals surface area contributed by atoms with Gasteiger partial charge in [0.1, 0.15) is 6.07 Å². The smallest absolute Gasteiger partial charge is 0.307 e. The van der Waals surface area contributed by atoms with Gasteiger partial charge in [-0.1, -0.05) is 36.4 Å². The first-order valence-corrected chi connectivity index (χ1v) is 6.63. The molecule has 0 aliphatic carbocycles. The topological polar surface area (TPSA) is 73.1 Å². The van der Waals surface area contributed by atoms with Crippen molar-refractivity contribution in [3.63, 3.8) is 0 Å². The minimum absolute atomic E-state index is 0.0319. The maximum atomic E-state index is 10.6. The van der Waals surface area contributed by atoms with Gasteiger partial charge < -0.3 is 10.4 Å². The van der Waals surface area contributed by atoms with E-state index in [9.17, 15) is 10.1 Å². The van der Waals surface area contributed by atoms with Crippen molar-refractivity contribution < 1.29 is 9.90 Å². The summed E-state index contributed by atoms with van der Waals surface area (Å²) in [6, 6.07) is 15.3. The van der Waals surface area contributed by atoms with Crippen LogP contribution >= 0.6 is 0 Å². The van der Waals surface area contributed by atoms with Gasteiger partial charge in [-0.25, -0.2) is 0 Å². The van der Waals surface area contributed by atoms with Crippen molar-refractivity contribution in [1.82, 2.24) is 0 Å². The number of aryl methyl sites for hydroxylation is 1. The van der Waals surface area contributed by atoms with Crippen LogP contribution in [0.15, 0.2) is 42.5 Å². The number of benzene rings is 2. The molecule has 0 aromatic heterocycles. The minimum Gasteiger partial charge on any atom is -0.481 e. The van der Waals surface area contributed by atoms with Crippen molar-refractivity contribution >= 4 is 11.7 Å². The van der Waals surface area contributed by atoms with E-state index < -0.39 is 5.97 Å². The normalized spacial score (nSPS) is 9.90. The van der Waals surface area contributed by atoms with Gasteiger partial charge in [0.2, 0.25) is 0 Å². The van der Waals surface area contributed by atoms with Gasteiger partial charge in [0, 0.05) is 6.54 Å². The number of carbonyl (C=O) groups is 1. The first-order valence-electron chi connectivity index (χ1n) is 6.63. The predicted molar refractivity (Wildman–Crippen MR) is 81.0 cm³/mol. The van der Waals surface area contributed by atoms with Crippen LogP contribution in [0, 0.1) is 18.3 Å². The highest BCUT2D eigenvalue weighted by atomic mass is 16.4. The lowest BCUT2D eigenvalue weighted by Gasteiger charge is -2.10. The van der Waals surface area contributed by atoms with Crippen molar-refractivity contribution in [2.45, 2.75) is 19.9 Å². The largest absolute Gasteiger partial charge is 0.481 e. The number of nitriles is 1. The zero-order valence-electron chi connectivity index (χ0n) is 11.8. The number of nitrogens with one attached hydrogen (secondary N) is 1. The Labute approximate surface area is 123 Å². The zero-order valence-corrected chi connectivity index (χ0v) is 11.8. The van der Waals surface area contributed by atoms with Crippen molar-refractivity contribution in [2.75, 3.05) is 5.32 Å². The van der Waals surface area contributed by atoms with Crippen molar-refractivity contribution in [2.24, 2.45) is 0 Å². The fourth-order valence-electron chi connectivity index (χ4n) is 2.11. The molecule has 0 aliphatic heterocycles. The van der Waals surface area contributed by atoms with Gasteiger partial charge in [-0.15, -0.1) is 0 Å². The molecule has 2 rings (SSSR count). The Morgan fingerprint density at radius 3 is 2.48 bits per heavy atom. The number of carboxylic acid groups (broad SMARTS) is 1. The minimum atomic E-state index is -0.834. The Morgan fingerprint density at radius 2 is 1.86 bits per heavy atom. The van der Waals surface area contributed by atoms with Crippen molar-refractivity contribution in [3.05, 3.63) is 64.7 Å². The number of carboxylic acids is 1. The molecule has 0 atom stereocenters. The Hall–Kier alpha value is -2.80. The van der Waals surface area contributed by atoms with E-state index in [-0.39, 0.29) is 6.42 Å². The number of aliphatic carboxylic acids is 1. The van der Waals surface area contributed by atoms with Gasteiger partial charge in [-0.2, -0.15) is 5.26 Å². The molecular weight excluding hydrogens is 264 g/mol. The molecule has 0 radical (unpaired) electrons. The van der Waals surface area contributed by atoms with Crippen LogP contribution < -0.4 is 5.32 Å². The van der Waals surface area contributed by atoms with E-state index in [2.05, 4.69) is 11.4 Å². The average molecular weight is 280 g/mol. The van der Waals surface area contributed by atoms with E-state index >= 15 is 0 Å². The van der Waals surface area contributed by atoms with Crippen molar-refractivity contribution in [3.8, 4) is 6.07 Å². The number of nitrogens with zero attached hydrogens (tertiary/aromatic N) is 1. The molecule has 4 nitrogen and oxygen atoms in total. The summed E-state index contributed by atoms with van der Waals surface area (Å²) >= 11 is 0. The van der Waals surface area contributed by atoms with E-state index in [0.29, 0.717) is 12.1 Å². The summed E-state index contributed by atoms with van der Waals surface area (Å²) in [5.74, 6) is -0.834. The molecule has 2 aromatic carbocycles. The predicted octanol–water partition coefficient (Wildman–Crippen LogP) is 3.11. The molecule has 4 heteroatoms. The lowest BCUT2D eigenvalue weighted by molar-refractivity contribution is -0.136. The molecule has 0 aliphatic rings. The van der Waals surface area contributed by atoms with Crippen molar-refractivity contribution in [1.29, 1.82) is 5.26 Å². The molecule has 0 unspecified atom stereocenters. The SMILES string of the molecule is Cc1cccc(NCc2ccc(CC(=O)O)cc2)c1C#N. The maximum absolute atomic E-state index is 10.6. The molecule has 0 spiro atoms. The summed E-state index contributed by atoms with van der Waals surface area (Å²) in [5, 5.41) is 21.1. The second kappa shape index (κ2) is 6.58. The van der Waals surface area contributed by atoms with E-state index in [0.717, 1.165) is 22.4 Å². The number of hydrogen-bond donors (Lipinski definition) is 2. The number of hydrogen-bond acceptors (Lipinski definition) is 3. The van der Waals surface area contributed by atoms with Gasteiger partial charge in [0.25, 0.3) is 0 Å². The third-order valence-corrected chi connectivity index (χ3v) is 3.25. The molecule has 0 heterocycles. The van der Waals surface area contributed by atoms with Crippen LogP contribution in [0.25, 0.3) is 0 Å². The highest BCUT2D eigenvalue weighted by Crippen LogP contribution is 2.19. The fourth-order valence-corrected chi connectivity index (χ4v) is 2.11. The first kappa shape index (κ1) is 14.6. The van der Waals surface area contributed by atoms with Crippen LogP contribution in [0.1, 0.15) is 22.3 Å². The second-order valence-electron chi connectivity index (χ2n) is 4.85. The average Bonchev–Trinajstić information content (AvgIpc) is 2.46. The lowest BCUT2D eigenvalue weighted by Crippen LogP contribution is -2.03. The molecule has 0 amide bonds. The molecule has 0 saturated heterocycles. The van der Waals surface area contributed by atoms with Crippen LogP contribution in [-0.4, -0.2) is 11.1 Å². The zero-order chi connectivity index (χ0) is 15.2. The molecule has 2 N–H and O–H groups in total. The highest BCUT2D eigenvalue weighted by molar-refractivity contribution is 5.70. The van der Waals surface area contributed by atoms with Gasteiger partial charge in [-0.3, -0.25) is 4.79 Å². The number of rotatable bonds is 5. The third-order valence-electron chi connectivity index (χ3n) is 3.25. The van der Waals surface area contributed by atoms with Crippen LogP contribution in [0.5, 0.6) is 0 Å².